The summed E-state index contributed by atoms with van der Waals surface area (Å²) < 4.78 is 18.9. The van der Waals surface area contributed by atoms with Gasteiger partial charge in [-0.3, -0.25) is 4.57 Å². The second-order valence-corrected chi connectivity index (χ2v) is 8.02. The largest absolute Gasteiger partial charge is 0.493 e. The lowest BCUT2D eigenvalue weighted by atomic mass is 10.2. The highest BCUT2D eigenvalue weighted by Crippen LogP contribution is 2.33. The summed E-state index contributed by atoms with van der Waals surface area (Å²) in [5.74, 6) is 4.03. The van der Waals surface area contributed by atoms with E-state index in [0.717, 1.165) is 45.1 Å². The van der Waals surface area contributed by atoms with Crippen LogP contribution < -0.4 is 14.2 Å². The van der Waals surface area contributed by atoms with E-state index in [1.54, 1.807) is 11.8 Å². The molecule has 0 bridgehead atoms. The molecule has 0 radical (unpaired) electrons. The molecule has 0 spiro atoms. The molecule has 0 fully saturated rings. The number of nitrogens with zero attached hydrogens (tertiary/aromatic N) is 3. The third kappa shape index (κ3) is 4.51. The number of para-hydroxylation sites is 1. The van der Waals surface area contributed by atoms with Crippen molar-refractivity contribution in [3.8, 4) is 28.6 Å². The number of ether oxygens (including phenoxy) is 3. The number of hydrogen-bond acceptors (Lipinski definition) is 6. The van der Waals surface area contributed by atoms with Crippen molar-refractivity contribution in [2.45, 2.75) is 11.7 Å². The summed E-state index contributed by atoms with van der Waals surface area (Å²) in [5.41, 5.74) is 2.13. The fourth-order valence-electron chi connectivity index (χ4n) is 3.37. The molecule has 0 saturated carbocycles. The smallest absolute Gasteiger partial charge is 0.231 e. The van der Waals surface area contributed by atoms with E-state index in [-0.39, 0.29) is 6.79 Å². The molecule has 3 aromatic carbocycles. The van der Waals surface area contributed by atoms with Gasteiger partial charge in [-0.05, 0) is 29.8 Å². The van der Waals surface area contributed by atoms with Gasteiger partial charge in [0.25, 0.3) is 0 Å². The van der Waals surface area contributed by atoms with E-state index in [4.69, 9.17) is 14.2 Å². The predicted octanol–water partition coefficient (Wildman–Crippen LogP) is 4.89. The van der Waals surface area contributed by atoms with Gasteiger partial charge < -0.3 is 14.2 Å². The Kier molecular flexibility index (Phi) is 5.75. The summed E-state index contributed by atoms with van der Waals surface area (Å²) in [6.45, 7) is 1.49. The minimum Gasteiger partial charge on any atom is -0.493 e. The van der Waals surface area contributed by atoms with Crippen molar-refractivity contribution in [2.75, 3.05) is 19.2 Å². The van der Waals surface area contributed by atoms with E-state index < -0.39 is 0 Å². The average molecular weight is 432 g/mol. The van der Waals surface area contributed by atoms with E-state index in [2.05, 4.69) is 20.8 Å². The molecule has 0 atom stereocenters. The number of aromatic nitrogens is 3. The number of hydrogen-bond donors (Lipinski definition) is 0. The normalized spacial score (nSPS) is 12.1. The van der Waals surface area contributed by atoms with Crippen molar-refractivity contribution >= 4 is 11.8 Å². The monoisotopic (exact) mass is 431 g/mol. The number of benzene rings is 3. The molecular weight excluding hydrogens is 410 g/mol. The Morgan fingerprint density at radius 3 is 2.48 bits per heavy atom. The molecule has 1 aliphatic rings. The maximum Gasteiger partial charge on any atom is 0.231 e. The van der Waals surface area contributed by atoms with E-state index in [1.807, 2.05) is 72.8 Å². The van der Waals surface area contributed by atoms with Gasteiger partial charge in [-0.25, -0.2) is 0 Å². The van der Waals surface area contributed by atoms with Crippen molar-refractivity contribution < 1.29 is 14.2 Å². The molecule has 1 aromatic heterocycles. The second kappa shape index (κ2) is 9.14. The summed E-state index contributed by atoms with van der Waals surface area (Å²) in [6, 6.07) is 26.0. The zero-order valence-electron chi connectivity index (χ0n) is 16.8. The average Bonchev–Trinajstić information content (AvgIpc) is 3.45. The Morgan fingerprint density at radius 1 is 0.871 bits per heavy atom. The van der Waals surface area contributed by atoms with Crippen molar-refractivity contribution in [3.63, 3.8) is 0 Å². The lowest BCUT2D eigenvalue weighted by Gasteiger charge is -2.11. The molecule has 2 heterocycles. The summed E-state index contributed by atoms with van der Waals surface area (Å²) >= 11 is 1.63. The number of rotatable bonds is 8. The Morgan fingerprint density at radius 2 is 1.65 bits per heavy atom. The fraction of sp³-hybridized carbons (Fsp3) is 0.167. The van der Waals surface area contributed by atoms with Crippen LogP contribution in [0.4, 0.5) is 0 Å². The van der Waals surface area contributed by atoms with Crippen molar-refractivity contribution in [2.24, 2.45) is 0 Å². The molecule has 7 heteroatoms. The van der Waals surface area contributed by atoms with E-state index in [1.165, 1.54) is 0 Å². The van der Waals surface area contributed by atoms with Crippen LogP contribution in [0.25, 0.3) is 11.4 Å². The lowest BCUT2D eigenvalue weighted by Crippen LogP contribution is -2.06. The zero-order chi connectivity index (χ0) is 20.9. The second-order valence-electron chi connectivity index (χ2n) is 6.96. The van der Waals surface area contributed by atoms with Gasteiger partial charge >= 0.3 is 0 Å². The molecule has 31 heavy (non-hydrogen) atoms. The number of thioether (sulfide) groups is 1. The summed E-state index contributed by atoms with van der Waals surface area (Å²) in [5, 5.41) is 9.81. The predicted molar refractivity (Wildman–Crippen MR) is 120 cm³/mol. The highest BCUT2D eigenvalue weighted by Gasteiger charge is 2.17. The van der Waals surface area contributed by atoms with Gasteiger partial charge in [0.2, 0.25) is 6.79 Å². The Labute approximate surface area is 184 Å². The van der Waals surface area contributed by atoms with Crippen molar-refractivity contribution in [1.82, 2.24) is 14.8 Å². The van der Waals surface area contributed by atoms with Gasteiger partial charge in [0.15, 0.2) is 22.5 Å². The molecule has 0 aliphatic carbocycles. The van der Waals surface area contributed by atoms with Gasteiger partial charge in [0, 0.05) is 11.3 Å². The standard InChI is InChI=1S/C24H21N3O3S/c1-3-7-19(8-4-1)23-25-26-24(31-14-13-28-20-9-5-2-6-10-20)27(23)16-18-11-12-21-22(15-18)30-17-29-21/h1-12,15H,13-14,16-17H2. The van der Waals surface area contributed by atoms with Crippen LogP contribution in [0.3, 0.4) is 0 Å². The first-order chi connectivity index (χ1) is 15.4. The maximum atomic E-state index is 5.82. The third-order valence-electron chi connectivity index (χ3n) is 4.85. The minimum atomic E-state index is 0.267. The van der Waals surface area contributed by atoms with Crippen LogP contribution in [-0.2, 0) is 6.54 Å². The zero-order valence-corrected chi connectivity index (χ0v) is 17.6. The van der Waals surface area contributed by atoms with Gasteiger partial charge in [0.1, 0.15) is 5.75 Å². The van der Waals surface area contributed by atoms with Gasteiger partial charge in [-0.2, -0.15) is 0 Å². The lowest BCUT2D eigenvalue weighted by molar-refractivity contribution is 0.174. The molecule has 4 aromatic rings. The SMILES string of the molecule is c1ccc(OCCSc2nnc(-c3ccccc3)n2Cc2ccc3c(c2)OCO3)cc1. The molecule has 0 unspecified atom stereocenters. The van der Waals surface area contributed by atoms with Gasteiger partial charge in [0.05, 0.1) is 13.2 Å². The molecule has 156 valence electrons. The highest BCUT2D eigenvalue weighted by atomic mass is 32.2. The maximum absolute atomic E-state index is 5.82. The highest BCUT2D eigenvalue weighted by molar-refractivity contribution is 7.99. The van der Waals surface area contributed by atoms with Crippen LogP contribution in [0.5, 0.6) is 17.2 Å². The quantitative estimate of drug-likeness (QED) is 0.292. The van der Waals surface area contributed by atoms with Crippen LogP contribution in [0.15, 0.2) is 84.0 Å². The Balaban J connectivity index is 1.35. The summed E-state index contributed by atoms with van der Waals surface area (Å²) in [6.07, 6.45) is 0. The number of fused-ring (bicyclic) bond motifs is 1. The van der Waals surface area contributed by atoms with E-state index in [9.17, 15) is 0 Å². The Bertz CT molecular complexity index is 1150. The third-order valence-corrected chi connectivity index (χ3v) is 5.78. The summed E-state index contributed by atoms with van der Waals surface area (Å²) in [4.78, 5) is 0. The molecule has 0 N–H and O–H groups in total. The van der Waals surface area contributed by atoms with Crippen molar-refractivity contribution in [1.29, 1.82) is 0 Å². The molecule has 1 aliphatic heterocycles. The molecular formula is C24H21N3O3S. The first-order valence-electron chi connectivity index (χ1n) is 10.0. The van der Waals surface area contributed by atoms with Crippen molar-refractivity contribution in [3.05, 3.63) is 84.4 Å². The van der Waals surface area contributed by atoms with E-state index >= 15 is 0 Å². The van der Waals surface area contributed by atoms with Crippen LogP contribution in [-0.4, -0.2) is 33.9 Å². The molecule has 0 saturated heterocycles. The van der Waals surface area contributed by atoms with Crippen LogP contribution in [0.2, 0.25) is 0 Å². The first kappa shape index (κ1) is 19.5. The topological polar surface area (TPSA) is 58.4 Å². The Hall–Kier alpha value is -3.45. The fourth-order valence-corrected chi connectivity index (χ4v) is 4.12. The van der Waals surface area contributed by atoms with E-state index in [0.29, 0.717) is 13.2 Å². The molecule has 0 amide bonds. The molecule has 6 nitrogen and oxygen atoms in total. The minimum absolute atomic E-state index is 0.267. The molecule has 5 rings (SSSR count). The first-order valence-corrected chi connectivity index (χ1v) is 11.0. The summed E-state index contributed by atoms with van der Waals surface area (Å²) in [7, 11) is 0. The van der Waals surface area contributed by atoms with Gasteiger partial charge in [-0.15, -0.1) is 10.2 Å². The van der Waals surface area contributed by atoms with Crippen LogP contribution >= 0.6 is 11.8 Å². The van der Waals surface area contributed by atoms with Crippen LogP contribution in [0, 0.1) is 0 Å². The van der Waals surface area contributed by atoms with Crippen LogP contribution in [0.1, 0.15) is 5.56 Å². The van der Waals surface area contributed by atoms with Gasteiger partial charge in [-0.1, -0.05) is 66.4 Å².